The van der Waals surface area contributed by atoms with Gasteiger partial charge in [0.15, 0.2) is 5.69 Å². The highest BCUT2D eigenvalue weighted by Gasteiger charge is 2.09. The molecular formula is C15H20N4O2. The highest BCUT2D eigenvalue weighted by Crippen LogP contribution is 2.14. The van der Waals surface area contributed by atoms with Crippen molar-refractivity contribution in [2.24, 2.45) is 7.05 Å². The number of hydrogen-bond donors (Lipinski definition) is 2. The van der Waals surface area contributed by atoms with Crippen LogP contribution in [0, 0.1) is 13.8 Å². The Kier molecular flexibility index (Phi) is 4.57. The lowest BCUT2D eigenvalue weighted by Crippen LogP contribution is -2.08. The minimum Gasteiger partial charge on any atom is -0.477 e. The molecule has 0 aliphatic rings. The Morgan fingerprint density at radius 1 is 1.38 bits per heavy atom. The molecular weight excluding hydrogens is 268 g/mol. The molecule has 0 unspecified atom stereocenters. The minimum atomic E-state index is -1.01. The second-order valence-corrected chi connectivity index (χ2v) is 5.02. The molecule has 112 valence electrons. The SMILES string of the molecule is Cc1nn(C)c(C)c1CCCNc1cccc(C(=O)O)n1. The molecule has 2 heterocycles. The summed E-state index contributed by atoms with van der Waals surface area (Å²) in [6, 6.07) is 4.94. The van der Waals surface area contributed by atoms with Crippen LogP contribution in [-0.2, 0) is 13.5 Å². The molecule has 6 nitrogen and oxygen atoms in total. The van der Waals surface area contributed by atoms with Gasteiger partial charge in [0, 0.05) is 19.3 Å². The number of carboxylic acids is 1. The van der Waals surface area contributed by atoms with Crippen LogP contribution in [-0.4, -0.2) is 32.4 Å². The molecule has 0 radical (unpaired) electrons. The van der Waals surface area contributed by atoms with Crippen LogP contribution in [0.5, 0.6) is 0 Å². The Labute approximate surface area is 123 Å². The molecule has 0 aliphatic carbocycles. The van der Waals surface area contributed by atoms with Gasteiger partial charge < -0.3 is 10.4 Å². The summed E-state index contributed by atoms with van der Waals surface area (Å²) in [6.45, 7) is 4.83. The van der Waals surface area contributed by atoms with Crippen molar-refractivity contribution in [3.05, 3.63) is 40.8 Å². The molecule has 2 N–H and O–H groups in total. The minimum absolute atomic E-state index is 0.0546. The van der Waals surface area contributed by atoms with Crippen LogP contribution in [0.2, 0.25) is 0 Å². The molecule has 6 heteroatoms. The number of nitrogens with zero attached hydrogens (tertiary/aromatic N) is 3. The summed E-state index contributed by atoms with van der Waals surface area (Å²) in [5.74, 6) is -0.421. The third-order valence-electron chi connectivity index (χ3n) is 3.54. The number of aromatic carboxylic acids is 1. The molecule has 0 aromatic carbocycles. The van der Waals surface area contributed by atoms with E-state index in [9.17, 15) is 4.79 Å². The summed E-state index contributed by atoms with van der Waals surface area (Å²) in [5.41, 5.74) is 3.60. The van der Waals surface area contributed by atoms with Gasteiger partial charge in [0.05, 0.1) is 5.69 Å². The van der Waals surface area contributed by atoms with E-state index >= 15 is 0 Å². The van der Waals surface area contributed by atoms with Crippen LogP contribution in [0.15, 0.2) is 18.2 Å². The number of hydrogen-bond acceptors (Lipinski definition) is 4. The molecule has 2 aromatic rings. The number of carbonyl (C=O) groups is 1. The van der Waals surface area contributed by atoms with Gasteiger partial charge in [-0.05, 0) is 44.4 Å². The van der Waals surface area contributed by atoms with Crippen molar-refractivity contribution in [3.63, 3.8) is 0 Å². The summed E-state index contributed by atoms with van der Waals surface area (Å²) < 4.78 is 1.90. The fraction of sp³-hybridized carbons (Fsp3) is 0.400. The summed E-state index contributed by atoms with van der Waals surface area (Å²) >= 11 is 0. The van der Waals surface area contributed by atoms with E-state index in [0.29, 0.717) is 5.82 Å². The molecule has 0 saturated heterocycles. The topological polar surface area (TPSA) is 80.0 Å². The van der Waals surface area contributed by atoms with Crippen LogP contribution in [0.3, 0.4) is 0 Å². The molecule has 0 bridgehead atoms. The Morgan fingerprint density at radius 3 is 2.76 bits per heavy atom. The predicted molar refractivity (Wildman–Crippen MR) is 80.7 cm³/mol. The number of aromatic nitrogens is 3. The van der Waals surface area contributed by atoms with Crippen LogP contribution in [0.1, 0.15) is 33.9 Å². The Hall–Kier alpha value is -2.37. The van der Waals surface area contributed by atoms with Gasteiger partial charge in [-0.1, -0.05) is 6.07 Å². The van der Waals surface area contributed by atoms with Gasteiger partial charge in [-0.2, -0.15) is 5.10 Å². The van der Waals surface area contributed by atoms with Crippen molar-refractivity contribution in [1.82, 2.24) is 14.8 Å². The van der Waals surface area contributed by atoms with Gasteiger partial charge in [-0.25, -0.2) is 9.78 Å². The Balaban J connectivity index is 1.87. The highest BCUT2D eigenvalue weighted by molar-refractivity contribution is 5.85. The number of rotatable bonds is 6. The number of nitrogens with one attached hydrogen (secondary N) is 1. The van der Waals surface area contributed by atoms with Gasteiger partial charge in [0.25, 0.3) is 0 Å². The van der Waals surface area contributed by atoms with E-state index in [-0.39, 0.29) is 5.69 Å². The zero-order valence-corrected chi connectivity index (χ0v) is 12.6. The zero-order chi connectivity index (χ0) is 15.4. The second-order valence-electron chi connectivity index (χ2n) is 5.02. The van der Waals surface area contributed by atoms with E-state index < -0.39 is 5.97 Å². The molecule has 0 amide bonds. The smallest absolute Gasteiger partial charge is 0.354 e. The number of anilines is 1. The van der Waals surface area contributed by atoms with Crippen molar-refractivity contribution in [2.45, 2.75) is 26.7 Å². The standard InChI is InChI=1S/C15H20N4O2/c1-10-12(11(2)19(3)18-10)6-5-9-16-14-8-4-7-13(17-14)15(20)21/h4,7-8H,5-6,9H2,1-3H3,(H,16,17)(H,20,21). The molecule has 21 heavy (non-hydrogen) atoms. The average Bonchev–Trinajstić information content (AvgIpc) is 2.69. The lowest BCUT2D eigenvalue weighted by Gasteiger charge is -2.06. The highest BCUT2D eigenvalue weighted by atomic mass is 16.4. The molecule has 0 saturated carbocycles. The summed E-state index contributed by atoms with van der Waals surface area (Å²) in [7, 11) is 1.95. The first-order valence-electron chi connectivity index (χ1n) is 6.92. The largest absolute Gasteiger partial charge is 0.477 e. The lowest BCUT2D eigenvalue weighted by atomic mass is 10.1. The summed E-state index contributed by atoms with van der Waals surface area (Å²) in [4.78, 5) is 14.9. The third kappa shape index (κ3) is 3.59. The molecule has 2 aromatic heterocycles. The Morgan fingerprint density at radius 2 is 2.14 bits per heavy atom. The van der Waals surface area contributed by atoms with Crippen LogP contribution in [0.4, 0.5) is 5.82 Å². The average molecular weight is 288 g/mol. The van der Waals surface area contributed by atoms with Crippen molar-refractivity contribution >= 4 is 11.8 Å². The number of carboxylic acid groups (broad SMARTS) is 1. The molecule has 2 rings (SSSR count). The van der Waals surface area contributed by atoms with E-state index in [1.165, 1.54) is 17.3 Å². The van der Waals surface area contributed by atoms with Crippen molar-refractivity contribution < 1.29 is 9.90 Å². The molecule has 0 atom stereocenters. The van der Waals surface area contributed by atoms with E-state index in [1.807, 2.05) is 18.7 Å². The van der Waals surface area contributed by atoms with Crippen molar-refractivity contribution in [2.75, 3.05) is 11.9 Å². The second kappa shape index (κ2) is 6.39. The van der Waals surface area contributed by atoms with E-state index in [2.05, 4.69) is 22.3 Å². The summed E-state index contributed by atoms with van der Waals surface area (Å²) in [6.07, 6.45) is 1.88. The maximum absolute atomic E-state index is 10.8. The summed E-state index contributed by atoms with van der Waals surface area (Å²) in [5, 5.41) is 16.4. The maximum atomic E-state index is 10.8. The fourth-order valence-electron chi connectivity index (χ4n) is 2.31. The monoisotopic (exact) mass is 288 g/mol. The normalized spacial score (nSPS) is 10.6. The van der Waals surface area contributed by atoms with Gasteiger partial charge in [-0.3, -0.25) is 4.68 Å². The van der Waals surface area contributed by atoms with Gasteiger partial charge in [0.2, 0.25) is 0 Å². The van der Waals surface area contributed by atoms with Gasteiger partial charge in [0.1, 0.15) is 5.82 Å². The maximum Gasteiger partial charge on any atom is 0.354 e. The zero-order valence-electron chi connectivity index (χ0n) is 12.6. The Bertz CT molecular complexity index is 649. The predicted octanol–water partition coefficient (Wildman–Crippen LogP) is 2.17. The van der Waals surface area contributed by atoms with E-state index in [1.54, 1.807) is 12.1 Å². The van der Waals surface area contributed by atoms with Crippen LogP contribution < -0.4 is 5.32 Å². The van der Waals surface area contributed by atoms with Crippen molar-refractivity contribution in [1.29, 1.82) is 0 Å². The van der Waals surface area contributed by atoms with E-state index in [0.717, 1.165) is 25.1 Å². The molecule has 0 spiro atoms. The van der Waals surface area contributed by atoms with Crippen LogP contribution >= 0.6 is 0 Å². The fourth-order valence-corrected chi connectivity index (χ4v) is 2.31. The first kappa shape index (κ1) is 15.0. The first-order chi connectivity index (χ1) is 9.99. The van der Waals surface area contributed by atoms with Crippen LogP contribution in [0.25, 0.3) is 0 Å². The lowest BCUT2D eigenvalue weighted by molar-refractivity contribution is 0.0690. The molecule has 0 aliphatic heterocycles. The number of pyridine rings is 1. The van der Waals surface area contributed by atoms with Gasteiger partial charge in [-0.15, -0.1) is 0 Å². The quantitative estimate of drug-likeness (QED) is 0.796. The van der Waals surface area contributed by atoms with E-state index in [4.69, 9.17) is 5.11 Å². The number of aryl methyl sites for hydroxylation is 2. The van der Waals surface area contributed by atoms with Gasteiger partial charge >= 0.3 is 5.97 Å². The first-order valence-corrected chi connectivity index (χ1v) is 6.92. The molecule has 0 fully saturated rings. The van der Waals surface area contributed by atoms with Crippen molar-refractivity contribution in [3.8, 4) is 0 Å². The third-order valence-corrected chi connectivity index (χ3v) is 3.54.